The molecule has 1 aromatic rings. The van der Waals surface area contributed by atoms with Crippen LogP contribution in [-0.4, -0.2) is 11.7 Å². The third-order valence-corrected chi connectivity index (χ3v) is 2.99. The molecular formula is C10H13ClINO. The van der Waals surface area contributed by atoms with E-state index in [4.69, 9.17) is 22.4 Å². The van der Waals surface area contributed by atoms with Crippen LogP contribution in [0.25, 0.3) is 0 Å². The molecule has 0 spiro atoms. The van der Waals surface area contributed by atoms with Gasteiger partial charge in [-0.15, -0.1) is 0 Å². The highest BCUT2D eigenvalue weighted by molar-refractivity contribution is 14.1. The van der Waals surface area contributed by atoms with Gasteiger partial charge in [-0.25, -0.2) is 0 Å². The van der Waals surface area contributed by atoms with Crippen LogP contribution in [0.4, 0.5) is 0 Å². The van der Waals surface area contributed by atoms with Gasteiger partial charge < -0.3 is 10.8 Å². The SMILES string of the molecule is CC(N)(CCO)c1cc(Cl)cc(I)c1. The Morgan fingerprint density at radius 3 is 2.64 bits per heavy atom. The van der Waals surface area contributed by atoms with Gasteiger partial charge in [0, 0.05) is 20.7 Å². The Bertz CT molecular complexity index is 308. The predicted octanol–water partition coefficient (Wildman–Crippen LogP) is 2.50. The minimum absolute atomic E-state index is 0.0795. The summed E-state index contributed by atoms with van der Waals surface area (Å²) in [6, 6.07) is 5.71. The first-order valence-corrected chi connectivity index (χ1v) is 5.78. The number of nitrogens with two attached hydrogens (primary N) is 1. The largest absolute Gasteiger partial charge is 0.396 e. The fraction of sp³-hybridized carbons (Fsp3) is 0.400. The second kappa shape index (κ2) is 4.79. The van der Waals surface area contributed by atoms with Crippen molar-refractivity contribution < 1.29 is 5.11 Å². The number of benzene rings is 1. The van der Waals surface area contributed by atoms with Crippen molar-refractivity contribution in [3.05, 3.63) is 32.4 Å². The molecule has 0 aliphatic rings. The molecule has 0 aliphatic carbocycles. The average Bonchev–Trinajstić information content (AvgIpc) is 2.02. The van der Waals surface area contributed by atoms with Gasteiger partial charge in [0.05, 0.1) is 0 Å². The fourth-order valence-electron chi connectivity index (χ4n) is 1.26. The van der Waals surface area contributed by atoms with Crippen LogP contribution in [0.1, 0.15) is 18.9 Å². The molecule has 1 unspecified atom stereocenters. The second-order valence-corrected chi connectivity index (χ2v) is 5.23. The Morgan fingerprint density at radius 1 is 1.50 bits per heavy atom. The number of hydrogen-bond donors (Lipinski definition) is 2. The standard InChI is InChI=1S/C10H13ClINO/c1-10(13,2-3-14)7-4-8(11)6-9(12)5-7/h4-6,14H,2-3,13H2,1H3. The topological polar surface area (TPSA) is 46.2 Å². The molecule has 0 radical (unpaired) electrons. The lowest BCUT2D eigenvalue weighted by molar-refractivity contribution is 0.247. The maximum Gasteiger partial charge on any atom is 0.0451 e. The molecular weight excluding hydrogens is 312 g/mol. The van der Waals surface area contributed by atoms with Gasteiger partial charge in [0.15, 0.2) is 0 Å². The number of hydrogen-bond acceptors (Lipinski definition) is 2. The van der Waals surface area contributed by atoms with E-state index < -0.39 is 5.54 Å². The maximum absolute atomic E-state index is 8.89. The van der Waals surface area contributed by atoms with Crippen molar-refractivity contribution in [2.75, 3.05) is 6.61 Å². The summed E-state index contributed by atoms with van der Waals surface area (Å²) in [4.78, 5) is 0. The quantitative estimate of drug-likeness (QED) is 0.839. The zero-order valence-electron chi connectivity index (χ0n) is 7.93. The van der Waals surface area contributed by atoms with Crippen molar-refractivity contribution in [1.29, 1.82) is 0 Å². The molecule has 3 N–H and O–H groups in total. The Balaban J connectivity index is 3.05. The zero-order valence-corrected chi connectivity index (χ0v) is 10.8. The molecule has 78 valence electrons. The van der Waals surface area contributed by atoms with E-state index in [1.54, 1.807) is 0 Å². The molecule has 1 rings (SSSR count). The van der Waals surface area contributed by atoms with E-state index in [9.17, 15) is 0 Å². The summed E-state index contributed by atoms with van der Waals surface area (Å²) in [6.45, 7) is 1.97. The van der Waals surface area contributed by atoms with Crippen LogP contribution >= 0.6 is 34.2 Å². The Kier molecular flexibility index (Phi) is 4.18. The minimum Gasteiger partial charge on any atom is -0.396 e. The van der Waals surface area contributed by atoms with Crippen LogP contribution in [0.5, 0.6) is 0 Å². The number of aliphatic hydroxyl groups is 1. The summed E-state index contributed by atoms with van der Waals surface area (Å²) in [7, 11) is 0. The molecule has 0 aliphatic heterocycles. The van der Waals surface area contributed by atoms with Crippen molar-refractivity contribution in [1.82, 2.24) is 0 Å². The molecule has 2 nitrogen and oxygen atoms in total. The highest BCUT2D eigenvalue weighted by Crippen LogP contribution is 2.26. The lowest BCUT2D eigenvalue weighted by atomic mass is 9.90. The molecule has 4 heteroatoms. The molecule has 0 aromatic heterocycles. The number of rotatable bonds is 3. The maximum atomic E-state index is 8.89. The predicted molar refractivity (Wildman–Crippen MR) is 67.4 cm³/mol. The van der Waals surface area contributed by atoms with E-state index in [1.165, 1.54) is 0 Å². The normalized spacial score (nSPS) is 15.2. The molecule has 0 saturated heterocycles. The van der Waals surface area contributed by atoms with Crippen LogP contribution in [0, 0.1) is 3.57 Å². The van der Waals surface area contributed by atoms with Crippen molar-refractivity contribution in [2.45, 2.75) is 18.9 Å². The highest BCUT2D eigenvalue weighted by Gasteiger charge is 2.21. The minimum atomic E-state index is -0.514. The summed E-state index contributed by atoms with van der Waals surface area (Å²) in [5.41, 5.74) is 6.51. The van der Waals surface area contributed by atoms with E-state index >= 15 is 0 Å². The third-order valence-electron chi connectivity index (χ3n) is 2.15. The van der Waals surface area contributed by atoms with Crippen LogP contribution in [0.3, 0.4) is 0 Å². The monoisotopic (exact) mass is 325 g/mol. The lowest BCUT2D eigenvalue weighted by Gasteiger charge is -2.24. The molecule has 0 heterocycles. The third kappa shape index (κ3) is 3.08. The van der Waals surface area contributed by atoms with E-state index in [2.05, 4.69) is 22.6 Å². The van der Waals surface area contributed by atoms with Crippen molar-refractivity contribution in [3.8, 4) is 0 Å². The summed E-state index contributed by atoms with van der Waals surface area (Å²) in [5.74, 6) is 0. The van der Waals surface area contributed by atoms with Gasteiger partial charge in [-0.3, -0.25) is 0 Å². The Labute approximate surface area is 103 Å². The molecule has 0 saturated carbocycles. The number of aliphatic hydroxyl groups excluding tert-OH is 1. The zero-order chi connectivity index (χ0) is 10.8. The average molecular weight is 326 g/mol. The molecule has 0 amide bonds. The summed E-state index contributed by atoms with van der Waals surface area (Å²) in [6.07, 6.45) is 0.531. The van der Waals surface area contributed by atoms with Crippen LogP contribution < -0.4 is 5.73 Å². The van der Waals surface area contributed by atoms with Gasteiger partial charge in [0.1, 0.15) is 0 Å². The molecule has 0 bridgehead atoms. The molecule has 1 aromatic carbocycles. The summed E-state index contributed by atoms with van der Waals surface area (Å²) >= 11 is 8.13. The van der Waals surface area contributed by atoms with Gasteiger partial charge in [0.25, 0.3) is 0 Å². The van der Waals surface area contributed by atoms with E-state index in [0.29, 0.717) is 11.4 Å². The fourth-order valence-corrected chi connectivity index (χ4v) is 2.35. The van der Waals surface area contributed by atoms with Crippen molar-refractivity contribution in [3.63, 3.8) is 0 Å². The molecule has 0 fully saturated rings. The van der Waals surface area contributed by atoms with E-state index in [0.717, 1.165) is 9.13 Å². The van der Waals surface area contributed by atoms with Gasteiger partial charge in [-0.05, 0) is 59.7 Å². The van der Waals surface area contributed by atoms with Gasteiger partial charge in [0.2, 0.25) is 0 Å². The van der Waals surface area contributed by atoms with Crippen LogP contribution in [0.15, 0.2) is 18.2 Å². The highest BCUT2D eigenvalue weighted by atomic mass is 127. The van der Waals surface area contributed by atoms with Gasteiger partial charge in [-0.1, -0.05) is 11.6 Å². The van der Waals surface area contributed by atoms with Gasteiger partial charge >= 0.3 is 0 Å². The first-order chi connectivity index (χ1) is 6.45. The first-order valence-electron chi connectivity index (χ1n) is 4.32. The smallest absolute Gasteiger partial charge is 0.0451 e. The summed E-state index contributed by atoms with van der Waals surface area (Å²) in [5, 5.41) is 9.57. The Morgan fingerprint density at radius 2 is 2.14 bits per heavy atom. The van der Waals surface area contributed by atoms with Crippen LogP contribution in [-0.2, 0) is 5.54 Å². The van der Waals surface area contributed by atoms with Crippen molar-refractivity contribution in [2.24, 2.45) is 5.73 Å². The van der Waals surface area contributed by atoms with E-state index in [1.807, 2.05) is 25.1 Å². The summed E-state index contributed by atoms with van der Waals surface area (Å²) < 4.78 is 1.06. The Hall–Kier alpha value is 0.160. The van der Waals surface area contributed by atoms with Gasteiger partial charge in [-0.2, -0.15) is 0 Å². The van der Waals surface area contributed by atoms with E-state index in [-0.39, 0.29) is 6.61 Å². The molecule has 1 atom stereocenters. The van der Waals surface area contributed by atoms with Crippen LogP contribution in [0.2, 0.25) is 5.02 Å². The lowest BCUT2D eigenvalue weighted by Crippen LogP contribution is -2.34. The first kappa shape index (κ1) is 12.2. The number of halogens is 2. The van der Waals surface area contributed by atoms with Crippen molar-refractivity contribution >= 4 is 34.2 Å². The molecule has 14 heavy (non-hydrogen) atoms. The second-order valence-electron chi connectivity index (χ2n) is 3.55.